The third kappa shape index (κ3) is 1.69. The maximum absolute atomic E-state index is 12.1. The van der Waals surface area contributed by atoms with E-state index >= 15 is 0 Å². The fourth-order valence-corrected chi connectivity index (χ4v) is 2.69. The van der Waals surface area contributed by atoms with Crippen LogP contribution >= 0.6 is 15.9 Å². The lowest BCUT2D eigenvalue weighted by atomic mass is 10.1. The molecule has 0 aliphatic carbocycles. The lowest BCUT2D eigenvalue weighted by Crippen LogP contribution is -2.03. The normalized spacial score (nSPS) is 11.1. The molecule has 0 aliphatic rings. The zero-order valence-corrected chi connectivity index (χ0v) is 11.7. The van der Waals surface area contributed by atoms with Crippen molar-refractivity contribution in [3.8, 4) is 5.75 Å². The van der Waals surface area contributed by atoms with Crippen molar-refractivity contribution in [1.29, 1.82) is 0 Å². The first-order valence-corrected chi connectivity index (χ1v) is 6.40. The molecule has 4 nitrogen and oxygen atoms in total. The van der Waals surface area contributed by atoms with E-state index in [1.165, 1.54) is 0 Å². The van der Waals surface area contributed by atoms with E-state index in [0.29, 0.717) is 26.9 Å². The second-order valence-corrected chi connectivity index (χ2v) is 4.91. The molecular formula is C14H10BrNO3. The summed E-state index contributed by atoms with van der Waals surface area (Å²) in [6.45, 7) is 0. The van der Waals surface area contributed by atoms with Gasteiger partial charge in [-0.15, -0.1) is 0 Å². The number of hydrogen-bond acceptors (Lipinski definition) is 4. The van der Waals surface area contributed by atoms with E-state index in [9.17, 15) is 4.79 Å². The van der Waals surface area contributed by atoms with Crippen molar-refractivity contribution >= 4 is 43.4 Å². The summed E-state index contributed by atoms with van der Waals surface area (Å²) in [5, 5.41) is 1.95. The molecule has 0 amide bonds. The maximum atomic E-state index is 12.1. The van der Waals surface area contributed by atoms with Crippen molar-refractivity contribution in [1.82, 2.24) is 0 Å². The zero-order chi connectivity index (χ0) is 13.6. The van der Waals surface area contributed by atoms with E-state index in [1.54, 1.807) is 31.4 Å². The molecule has 19 heavy (non-hydrogen) atoms. The molecule has 96 valence electrons. The van der Waals surface area contributed by atoms with Crippen molar-refractivity contribution in [2.75, 3.05) is 12.8 Å². The number of anilines is 1. The van der Waals surface area contributed by atoms with Crippen LogP contribution in [0.3, 0.4) is 0 Å². The Hall–Kier alpha value is -2.01. The number of ether oxygens (including phenoxy) is 1. The summed E-state index contributed by atoms with van der Waals surface area (Å²) in [4.78, 5) is 12.1. The first-order valence-electron chi connectivity index (χ1n) is 5.61. The third-order valence-corrected chi connectivity index (χ3v) is 3.91. The van der Waals surface area contributed by atoms with E-state index in [2.05, 4.69) is 15.9 Å². The largest absolute Gasteiger partial charge is 0.496 e. The van der Waals surface area contributed by atoms with Gasteiger partial charge in [0.15, 0.2) is 0 Å². The number of hydrogen-bond donors (Lipinski definition) is 1. The number of nitrogen functional groups attached to an aromatic ring is 1. The second kappa shape index (κ2) is 4.28. The summed E-state index contributed by atoms with van der Waals surface area (Å²) in [6.07, 6.45) is 0. The molecule has 0 radical (unpaired) electrons. The van der Waals surface area contributed by atoms with Crippen molar-refractivity contribution in [2.45, 2.75) is 0 Å². The third-order valence-electron chi connectivity index (χ3n) is 3.06. The second-order valence-electron chi connectivity index (χ2n) is 4.11. The van der Waals surface area contributed by atoms with Crippen molar-refractivity contribution < 1.29 is 9.15 Å². The monoisotopic (exact) mass is 319 g/mol. The van der Waals surface area contributed by atoms with E-state index in [-0.39, 0.29) is 0 Å². The fourth-order valence-electron chi connectivity index (χ4n) is 2.18. The maximum Gasteiger partial charge on any atom is 0.345 e. The van der Waals surface area contributed by atoms with E-state index < -0.39 is 5.63 Å². The molecule has 1 aromatic heterocycles. The summed E-state index contributed by atoms with van der Waals surface area (Å²) in [6, 6.07) is 8.90. The molecule has 0 bridgehead atoms. The van der Waals surface area contributed by atoms with E-state index in [0.717, 1.165) is 10.8 Å². The highest BCUT2D eigenvalue weighted by molar-refractivity contribution is 9.10. The van der Waals surface area contributed by atoms with E-state index in [1.807, 2.05) is 6.07 Å². The Morgan fingerprint density at radius 3 is 2.74 bits per heavy atom. The fraction of sp³-hybridized carbons (Fsp3) is 0.0714. The average molecular weight is 320 g/mol. The molecule has 3 aromatic rings. The summed E-state index contributed by atoms with van der Waals surface area (Å²) >= 11 is 3.34. The predicted octanol–water partition coefficient (Wildman–Crippen LogP) is 3.30. The average Bonchev–Trinajstić information content (AvgIpc) is 2.41. The smallest absolute Gasteiger partial charge is 0.345 e. The molecule has 0 spiro atoms. The van der Waals surface area contributed by atoms with Crippen LogP contribution in [0.1, 0.15) is 0 Å². The van der Waals surface area contributed by atoms with Crippen molar-refractivity contribution in [3.05, 3.63) is 45.2 Å². The lowest BCUT2D eigenvalue weighted by Gasteiger charge is -2.09. The molecule has 1 heterocycles. The highest BCUT2D eigenvalue weighted by Crippen LogP contribution is 2.35. The number of fused-ring (bicyclic) bond motifs is 3. The molecule has 0 saturated carbocycles. The number of halogens is 1. The quantitative estimate of drug-likeness (QED) is 0.424. The van der Waals surface area contributed by atoms with Crippen LogP contribution in [-0.2, 0) is 0 Å². The van der Waals surface area contributed by atoms with Crippen LogP contribution in [0.5, 0.6) is 5.75 Å². The Bertz CT molecular complexity index is 855. The van der Waals surface area contributed by atoms with Crippen LogP contribution in [0.4, 0.5) is 5.69 Å². The van der Waals surface area contributed by atoms with E-state index in [4.69, 9.17) is 14.9 Å². The molecule has 3 rings (SSSR count). The van der Waals surface area contributed by atoms with Crippen LogP contribution < -0.4 is 16.1 Å². The van der Waals surface area contributed by atoms with Gasteiger partial charge in [0.2, 0.25) is 0 Å². The van der Waals surface area contributed by atoms with Gasteiger partial charge in [-0.1, -0.05) is 12.1 Å². The Morgan fingerprint density at radius 2 is 2.00 bits per heavy atom. The molecule has 2 aromatic carbocycles. The summed E-state index contributed by atoms with van der Waals surface area (Å²) in [5.74, 6) is 0.655. The molecule has 2 N–H and O–H groups in total. The summed E-state index contributed by atoms with van der Waals surface area (Å²) in [5.41, 5.74) is 6.38. The number of nitrogens with two attached hydrogens (primary N) is 1. The Morgan fingerprint density at radius 1 is 1.21 bits per heavy atom. The number of benzene rings is 2. The first kappa shape index (κ1) is 12.0. The lowest BCUT2D eigenvalue weighted by molar-refractivity contribution is 0.419. The molecule has 0 unspecified atom stereocenters. The van der Waals surface area contributed by atoms with Gasteiger partial charge in [0.1, 0.15) is 11.3 Å². The summed E-state index contributed by atoms with van der Waals surface area (Å²) in [7, 11) is 1.58. The molecule has 0 saturated heterocycles. The number of methoxy groups -OCH3 is 1. The zero-order valence-electron chi connectivity index (χ0n) is 10.1. The highest BCUT2D eigenvalue weighted by Gasteiger charge is 2.14. The predicted molar refractivity (Wildman–Crippen MR) is 78.7 cm³/mol. The van der Waals surface area contributed by atoms with Crippen LogP contribution in [0.15, 0.2) is 44.0 Å². The van der Waals surface area contributed by atoms with Crippen molar-refractivity contribution in [3.63, 3.8) is 0 Å². The van der Waals surface area contributed by atoms with Gasteiger partial charge in [0, 0.05) is 11.1 Å². The van der Waals surface area contributed by atoms with Crippen LogP contribution in [0.2, 0.25) is 0 Å². The SMILES string of the molecule is COc1cccc2oc(=O)c3c(Br)c(N)ccc3c12. The van der Waals surface area contributed by atoms with Gasteiger partial charge in [-0.05, 0) is 34.1 Å². The standard InChI is InChI=1S/C14H10BrNO3/c1-18-9-3-2-4-10-11(9)7-5-6-8(16)13(15)12(7)14(17)19-10/h2-6H,16H2,1H3. The molecule has 0 aliphatic heterocycles. The summed E-state index contributed by atoms with van der Waals surface area (Å²) < 4.78 is 11.2. The minimum absolute atomic E-state index is 0.421. The van der Waals surface area contributed by atoms with Gasteiger partial charge in [0.25, 0.3) is 0 Å². The van der Waals surface area contributed by atoms with Gasteiger partial charge in [-0.25, -0.2) is 4.79 Å². The van der Waals surface area contributed by atoms with Crippen LogP contribution in [-0.4, -0.2) is 7.11 Å². The minimum atomic E-state index is -0.421. The Balaban J connectivity index is 2.66. The minimum Gasteiger partial charge on any atom is -0.496 e. The Kier molecular flexibility index (Phi) is 2.71. The first-order chi connectivity index (χ1) is 9.13. The molecular weight excluding hydrogens is 310 g/mol. The van der Waals surface area contributed by atoms with Crippen LogP contribution in [0.25, 0.3) is 21.7 Å². The highest BCUT2D eigenvalue weighted by atomic mass is 79.9. The van der Waals surface area contributed by atoms with Gasteiger partial charge in [0.05, 0.1) is 22.4 Å². The van der Waals surface area contributed by atoms with Crippen LogP contribution in [0, 0.1) is 0 Å². The molecule has 0 fully saturated rings. The molecule has 0 atom stereocenters. The Labute approximate surface area is 116 Å². The van der Waals surface area contributed by atoms with Gasteiger partial charge < -0.3 is 14.9 Å². The van der Waals surface area contributed by atoms with Crippen molar-refractivity contribution in [2.24, 2.45) is 0 Å². The van der Waals surface area contributed by atoms with Gasteiger partial charge >= 0.3 is 5.63 Å². The topological polar surface area (TPSA) is 65.5 Å². The van der Waals surface area contributed by atoms with Gasteiger partial charge in [-0.3, -0.25) is 0 Å². The molecule has 5 heteroatoms. The number of rotatable bonds is 1. The van der Waals surface area contributed by atoms with Gasteiger partial charge in [-0.2, -0.15) is 0 Å².